The molecule has 0 aliphatic rings. The molecule has 2 unspecified atom stereocenters. The maximum Gasteiger partial charge on any atom is 0.337 e. The maximum atomic E-state index is 11.3. The highest BCUT2D eigenvalue weighted by Crippen LogP contribution is 2.25. The number of H-pyrrole nitrogens is 1. The van der Waals surface area contributed by atoms with Crippen LogP contribution in [0, 0.1) is 17.0 Å². The first-order chi connectivity index (χ1) is 9.40. The first kappa shape index (κ1) is 15.6. The van der Waals surface area contributed by atoms with Gasteiger partial charge in [0.05, 0.1) is 11.0 Å². The van der Waals surface area contributed by atoms with Crippen LogP contribution in [-0.4, -0.2) is 32.8 Å². The van der Waals surface area contributed by atoms with Crippen LogP contribution in [0.2, 0.25) is 0 Å². The van der Waals surface area contributed by atoms with E-state index in [1.165, 1.54) is 6.92 Å². The Hall–Kier alpha value is -2.42. The number of hydrogen-bond donors (Lipinski definition) is 3. The highest BCUT2D eigenvalue weighted by atomic mass is 16.6. The quantitative estimate of drug-likeness (QED) is 0.229. The van der Waals surface area contributed by atoms with E-state index in [1.54, 1.807) is 0 Å². The number of aromatic nitrogens is 1. The second-order valence-electron chi connectivity index (χ2n) is 4.06. The number of pyridine rings is 1. The molecule has 0 aromatic carbocycles. The van der Waals surface area contributed by atoms with Crippen LogP contribution in [0.1, 0.15) is 23.7 Å². The molecule has 0 saturated heterocycles. The summed E-state index contributed by atoms with van der Waals surface area (Å²) in [5, 5.41) is 33.7. The largest absolute Gasteiger partial charge is 0.390 e. The van der Waals surface area contributed by atoms with Crippen LogP contribution >= 0.6 is 0 Å². The zero-order valence-electron chi connectivity index (χ0n) is 10.6. The van der Waals surface area contributed by atoms with E-state index in [2.05, 4.69) is 15.0 Å². The Morgan fingerprint density at radius 3 is 2.80 bits per heavy atom. The van der Waals surface area contributed by atoms with Crippen molar-refractivity contribution >= 4 is 5.69 Å². The molecule has 3 N–H and O–H groups in total. The predicted octanol–water partition coefficient (Wildman–Crippen LogP) is 0.686. The van der Waals surface area contributed by atoms with Gasteiger partial charge in [0.1, 0.15) is 6.10 Å². The lowest BCUT2D eigenvalue weighted by Crippen LogP contribution is -2.23. The van der Waals surface area contributed by atoms with Gasteiger partial charge in [0.2, 0.25) is 0 Å². The third-order valence-corrected chi connectivity index (χ3v) is 2.82. The number of hydrogen-bond acceptors (Lipinski definition) is 6. The molecule has 2 atom stereocenters. The van der Waals surface area contributed by atoms with Crippen molar-refractivity contribution in [2.45, 2.75) is 25.6 Å². The third kappa shape index (κ3) is 3.32. The molecule has 1 aromatic heterocycles. The topological polar surface area (TPSA) is 165 Å². The SMILES string of the molecule is Cc1c(C(O)C(O)CCN=[N+]=[N-])c[nH]c(=O)c1[N+](=O)[O-]. The molecule has 108 valence electrons. The summed E-state index contributed by atoms with van der Waals surface area (Å²) in [5.74, 6) is 0. The van der Waals surface area contributed by atoms with Gasteiger partial charge in [0, 0.05) is 28.8 Å². The monoisotopic (exact) mass is 283 g/mol. The van der Waals surface area contributed by atoms with Gasteiger partial charge in [-0.15, -0.1) is 0 Å². The summed E-state index contributed by atoms with van der Waals surface area (Å²) in [4.78, 5) is 25.9. The number of rotatable bonds is 6. The predicted molar refractivity (Wildman–Crippen MR) is 68.1 cm³/mol. The van der Waals surface area contributed by atoms with Crippen molar-refractivity contribution in [3.8, 4) is 0 Å². The molecule has 1 heterocycles. The zero-order valence-corrected chi connectivity index (χ0v) is 10.6. The molecule has 0 fully saturated rings. The lowest BCUT2D eigenvalue weighted by atomic mass is 9.99. The molecular formula is C10H13N5O5. The second-order valence-corrected chi connectivity index (χ2v) is 4.06. The summed E-state index contributed by atoms with van der Waals surface area (Å²) < 4.78 is 0. The van der Waals surface area contributed by atoms with Crippen LogP contribution in [0.3, 0.4) is 0 Å². The fraction of sp³-hybridized carbons (Fsp3) is 0.500. The Bertz CT molecular complexity index is 607. The van der Waals surface area contributed by atoms with Gasteiger partial charge in [0.25, 0.3) is 0 Å². The average molecular weight is 283 g/mol. The van der Waals surface area contributed by atoms with Gasteiger partial charge in [-0.2, -0.15) is 0 Å². The molecule has 0 aliphatic carbocycles. The van der Waals surface area contributed by atoms with Crippen molar-refractivity contribution in [2.75, 3.05) is 6.54 Å². The first-order valence-corrected chi connectivity index (χ1v) is 5.63. The summed E-state index contributed by atoms with van der Waals surface area (Å²) in [6, 6.07) is 0. The first-order valence-electron chi connectivity index (χ1n) is 5.63. The molecular weight excluding hydrogens is 270 g/mol. The molecule has 0 saturated carbocycles. The second kappa shape index (κ2) is 6.66. The van der Waals surface area contributed by atoms with Crippen LogP contribution in [0.15, 0.2) is 16.1 Å². The standard InChI is InChI=1S/C10H13N5O5/c1-5-6(4-12-10(18)8(5)15(19)20)9(17)7(16)2-3-13-14-11/h4,7,9,16-17H,2-3H2,1H3,(H,12,18). The summed E-state index contributed by atoms with van der Waals surface area (Å²) >= 11 is 0. The van der Waals surface area contributed by atoms with Gasteiger partial charge < -0.3 is 15.2 Å². The Morgan fingerprint density at radius 2 is 2.25 bits per heavy atom. The fourth-order valence-electron chi connectivity index (χ4n) is 1.75. The highest BCUT2D eigenvalue weighted by molar-refractivity contribution is 5.42. The average Bonchev–Trinajstić information content (AvgIpc) is 2.38. The minimum absolute atomic E-state index is 0.0163. The number of aliphatic hydroxyl groups is 2. The lowest BCUT2D eigenvalue weighted by Gasteiger charge is -2.18. The Kier molecular flexibility index (Phi) is 5.21. The van der Waals surface area contributed by atoms with Crippen molar-refractivity contribution in [3.63, 3.8) is 0 Å². The molecule has 20 heavy (non-hydrogen) atoms. The van der Waals surface area contributed by atoms with Crippen LogP contribution in [0.25, 0.3) is 10.4 Å². The molecule has 10 heteroatoms. The van der Waals surface area contributed by atoms with Gasteiger partial charge in [-0.3, -0.25) is 14.9 Å². The molecule has 0 radical (unpaired) electrons. The van der Waals surface area contributed by atoms with Crippen molar-refractivity contribution in [1.29, 1.82) is 0 Å². The van der Waals surface area contributed by atoms with Crippen LogP contribution in [-0.2, 0) is 0 Å². The van der Waals surface area contributed by atoms with Crippen LogP contribution in [0.5, 0.6) is 0 Å². The molecule has 1 rings (SSSR count). The number of nitro groups is 1. The number of aliphatic hydroxyl groups excluding tert-OH is 2. The molecule has 0 bridgehead atoms. The van der Waals surface area contributed by atoms with E-state index in [4.69, 9.17) is 5.53 Å². The lowest BCUT2D eigenvalue weighted by molar-refractivity contribution is -0.387. The van der Waals surface area contributed by atoms with E-state index < -0.39 is 28.4 Å². The minimum Gasteiger partial charge on any atom is -0.390 e. The van der Waals surface area contributed by atoms with Crippen LogP contribution < -0.4 is 5.56 Å². The molecule has 1 aromatic rings. The minimum atomic E-state index is -1.43. The molecule has 10 nitrogen and oxygen atoms in total. The van der Waals surface area contributed by atoms with Crippen molar-refractivity contribution < 1.29 is 15.1 Å². The molecule has 0 spiro atoms. The number of azide groups is 1. The van der Waals surface area contributed by atoms with E-state index in [-0.39, 0.29) is 24.1 Å². The van der Waals surface area contributed by atoms with E-state index >= 15 is 0 Å². The fourth-order valence-corrected chi connectivity index (χ4v) is 1.75. The normalized spacial score (nSPS) is 13.3. The Labute approximate surface area is 112 Å². The summed E-state index contributed by atoms with van der Waals surface area (Å²) in [6.45, 7) is 1.28. The highest BCUT2D eigenvalue weighted by Gasteiger charge is 2.26. The van der Waals surface area contributed by atoms with Crippen molar-refractivity contribution in [3.05, 3.63) is 48.2 Å². The van der Waals surface area contributed by atoms with Gasteiger partial charge >= 0.3 is 11.2 Å². The zero-order chi connectivity index (χ0) is 15.3. The number of aromatic amines is 1. The number of nitrogens with one attached hydrogen (secondary N) is 1. The van der Waals surface area contributed by atoms with Gasteiger partial charge in [-0.25, -0.2) is 0 Å². The Morgan fingerprint density at radius 1 is 1.60 bits per heavy atom. The van der Waals surface area contributed by atoms with Gasteiger partial charge in [0.15, 0.2) is 0 Å². The Balaban J connectivity index is 3.07. The van der Waals surface area contributed by atoms with E-state index in [0.29, 0.717) is 0 Å². The number of nitrogens with zero attached hydrogens (tertiary/aromatic N) is 4. The molecule has 0 aliphatic heterocycles. The smallest absolute Gasteiger partial charge is 0.337 e. The van der Waals surface area contributed by atoms with Gasteiger partial charge in [-0.05, 0) is 18.9 Å². The van der Waals surface area contributed by atoms with Crippen molar-refractivity contribution in [2.24, 2.45) is 5.11 Å². The van der Waals surface area contributed by atoms with Crippen molar-refractivity contribution in [1.82, 2.24) is 4.98 Å². The molecule has 0 amide bonds. The van der Waals surface area contributed by atoms with Crippen LogP contribution in [0.4, 0.5) is 5.69 Å². The summed E-state index contributed by atoms with van der Waals surface area (Å²) in [7, 11) is 0. The van der Waals surface area contributed by atoms with E-state index in [1.807, 2.05) is 0 Å². The summed E-state index contributed by atoms with van der Waals surface area (Å²) in [6.07, 6.45) is -1.60. The van der Waals surface area contributed by atoms with E-state index in [0.717, 1.165) is 6.20 Å². The van der Waals surface area contributed by atoms with Gasteiger partial charge in [-0.1, -0.05) is 5.11 Å². The maximum absolute atomic E-state index is 11.3. The van der Waals surface area contributed by atoms with E-state index in [9.17, 15) is 25.1 Å². The summed E-state index contributed by atoms with van der Waals surface area (Å²) in [5.41, 5.74) is 6.57. The third-order valence-electron chi connectivity index (χ3n) is 2.82.